The number of carbonyl (C=O) groups is 3. The van der Waals surface area contributed by atoms with Gasteiger partial charge in [0.05, 0.1) is 11.1 Å². The summed E-state index contributed by atoms with van der Waals surface area (Å²) in [6.07, 6.45) is 4.96. The number of carbonyl (C=O) groups excluding carboxylic acids is 3. The van der Waals surface area contributed by atoms with Crippen molar-refractivity contribution in [3.05, 3.63) is 53.2 Å². The molecule has 1 aliphatic carbocycles. The van der Waals surface area contributed by atoms with E-state index in [2.05, 4.69) is 15.6 Å². The van der Waals surface area contributed by atoms with Crippen LogP contribution < -0.4 is 10.6 Å². The molecule has 2 N–H and O–H groups in total. The van der Waals surface area contributed by atoms with Crippen molar-refractivity contribution in [2.75, 3.05) is 10.6 Å². The van der Waals surface area contributed by atoms with Gasteiger partial charge in [0.15, 0.2) is 0 Å². The largest absolute Gasteiger partial charge is 0.324 e. The first-order chi connectivity index (χ1) is 13.5. The maximum absolute atomic E-state index is 12.8. The van der Waals surface area contributed by atoms with Crippen LogP contribution in [-0.4, -0.2) is 33.8 Å². The van der Waals surface area contributed by atoms with Gasteiger partial charge in [0.1, 0.15) is 5.82 Å². The molecule has 4 amide bonds. The van der Waals surface area contributed by atoms with Gasteiger partial charge in [0.2, 0.25) is 0 Å². The van der Waals surface area contributed by atoms with Gasteiger partial charge in [0.25, 0.3) is 11.8 Å². The second-order valence-electron chi connectivity index (χ2n) is 7.28. The Morgan fingerprint density at radius 1 is 1.00 bits per heavy atom. The number of nitrogens with one attached hydrogen (secondary N) is 2. The summed E-state index contributed by atoms with van der Waals surface area (Å²) in [5.74, 6) is -0.0587. The molecule has 2 aliphatic rings. The summed E-state index contributed by atoms with van der Waals surface area (Å²) in [5, 5.41) is 5.35. The van der Waals surface area contributed by atoms with E-state index in [0.29, 0.717) is 22.6 Å². The molecule has 4 rings (SSSR count). The molecule has 2 aromatic rings. The number of imide groups is 1. The number of hydrogen-bond donors (Lipinski definition) is 2. The monoisotopic (exact) mass is 378 g/mol. The highest BCUT2D eigenvalue weighted by atomic mass is 16.2. The van der Waals surface area contributed by atoms with Gasteiger partial charge < -0.3 is 5.32 Å². The lowest BCUT2D eigenvalue weighted by atomic mass is 9.94. The Morgan fingerprint density at radius 3 is 2.50 bits per heavy atom. The van der Waals surface area contributed by atoms with Crippen LogP contribution in [0.3, 0.4) is 0 Å². The van der Waals surface area contributed by atoms with Crippen LogP contribution in [0.5, 0.6) is 0 Å². The summed E-state index contributed by atoms with van der Waals surface area (Å²) in [6, 6.07) is 9.67. The third-order valence-corrected chi connectivity index (χ3v) is 5.25. The van der Waals surface area contributed by atoms with E-state index in [0.717, 1.165) is 37.8 Å². The van der Waals surface area contributed by atoms with Crippen molar-refractivity contribution in [2.24, 2.45) is 0 Å². The van der Waals surface area contributed by atoms with Crippen molar-refractivity contribution in [3.63, 3.8) is 0 Å². The van der Waals surface area contributed by atoms with Crippen molar-refractivity contribution in [3.8, 4) is 0 Å². The van der Waals surface area contributed by atoms with Gasteiger partial charge in [-0.3, -0.25) is 19.8 Å². The number of anilines is 2. The molecule has 0 bridgehead atoms. The normalized spacial score (nSPS) is 16.8. The lowest BCUT2D eigenvalue weighted by molar-refractivity contribution is 0.0549. The minimum absolute atomic E-state index is 0.0201. The van der Waals surface area contributed by atoms with E-state index in [1.54, 1.807) is 30.3 Å². The summed E-state index contributed by atoms with van der Waals surface area (Å²) >= 11 is 0. The van der Waals surface area contributed by atoms with Gasteiger partial charge in [-0.05, 0) is 50.1 Å². The molecule has 7 heteroatoms. The molecular formula is C21H22N4O3. The highest BCUT2D eigenvalue weighted by molar-refractivity contribution is 6.22. The number of amides is 4. The quantitative estimate of drug-likeness (QED) is 0.791. The number of fused-ring (bicyclic) bond motifs is 1. The maximum atomic E-state index is 12.8. The summed E-state index contributed by atoms with van der Waals surface area (Å²) in [4.78, 5) is 43.4. The molecule has 0 unspecified atom stereocenters. The van der Waals surface area contributed by atoms with Gasteiger partial charge in [-0.25, -0.2) is 9.78 Å². The van der Waals surface area contributed by atoms with Crippen molar-refractivity contribution in [1.29, 1.82) is 0 Å². The van der Waals surface area contributed by atoms with Crippen LogP contribution in [0.15, 0.2) is 36.4 Å². The van der Waals surface area contributed by atoms with Crippen LogP contribution >= 0.6 is 0 Å². The number of nitrogens with zero attached hydrogens (tertiary/aromatic N) is 2. The third kappa shape index (κ3) is 3.47. The van der Waals surface area contributed by atoms with Gasteiger partial charge >= 0.3 is 6.03 Å². The fraction of sp³-hybridized carbons (Fsp3) is 0.333. The number of pyridine rings is 1. The molecule has 2 heterocycles. The first-order valence-electron chi connectivity index (χ1n) is 9.56. The molecule has 0 spiro atoms. The third-order valence-electron chi connectivity index (χ3n) is 5.25. The minimum Gasteiger partial charge on any atom is -0.308 e. The molecule has 7 nitrogen and oxygen atoms in total. The number of urea groups is 1. The average Bonchev–Trinajstić information content (AvgIpc) is 2.92. The zero-order valence-electron chi connectivity index (χ0n) is 15.7. The standard InChI is InChI=1S/C21H22N4O3/c1-13-6-5-9-18(22-13)24-21(28)23-14-10-11-16-17(12-14)20(27)25(19(16)26)15-7-3-2-4-8-15/h5-6,9-12,15H,2-4,7-8H2,1H3,(H2,22,23,24,28). The van der Waals surface area contributed by atoms with Crippen LogP contribution in [-0.2, 0) is 0 Å². The fourth-order valence-corrected chi connectivity index (χ4v) is 3.90. The van der Waals surface area contributed by atoms with Crippen LogP contribution in [0.25, 0.3) is 0 Å². The molecule has 1 fully saturated rings. The van der Waals surface area contributed by atoms with E-state index >= 15 is 0 Å². The lowest BCUT2D eigenvalue weighted by Crippen LogP contribution is -2.40. The highest BCUT2D eigenvalue weighted by Crippen LogP contribution is 2.32. The first-order valence-corrected chi connectivity index (χ1v) is 9.56. The second-order valence-corrected chi connectivity index (χ2v) is 7.28. The van der Waals surface area contributed by atoms with Crippen LogP contribution in [0.1, 0.15) is 58.5 Å². The number of rotatable bonds is 3. The molecule has 1 aromatic heterocycles. The predicted octanol–water partition coefficient (Wildman–Crippen LogP) is 3.96. The molecule has 1 saturated carbocycles. The SMILES string of the molecule is Cc1cccc(NC(=O)Nc2ccc3c(c2)C(=O)N(C2CCCCC2)C3=O)n1. The summed E-state index contributed by atoms with van der Waals surface area (Å²) < 4.78 is 0. The molecule has 0 atom stereocenters. The van der Waals surface area contributed by atoms with Gasteiger partial charge in [-0.1, -0.05) is 25.3 Å². The van der Waals surface area contributed by atoms with Crippen molar-refractivity contribution in [2.45, 2.75) is 45.1 Å². The maximum Gasteiger partial charge on any atom is 0.324 e. The van der Waals surface area contributed by atoms with Crippen LogP contribution in [0.4, 0.5) is 16.3 Å². The van der Waals surface area contributed by atoms with E-state index in [4.69, 9.17) is 0 Å². The predicted molar refractivity (Wildman–Crippen MR) is 105 cm³/mol. The van der Waals surface area contributed by atoms with Crippen molar-refractivity contribution < 1.29 is 14.4 Å². The number of hydrogen-bond acceptors (Lipinski definition) is 4. The minimum atomic E-state index is -0.459. The van der Waals surface area contributed by atoms with Gasteiger partial charge in [-0.15, -0.1) is 0 Å². The zero-order chi connectivity index (χ0) is 19.7. The number of benzene rings is 1. The molecule has 144 valence electrons. The van der Waals surface area contributed by atoms with Gasteiger partial charge in [-0.2, -0.15) is 0 Å². The molecule has 1 aliphatic heterocycles. The summed E-state index contributed by atoms with van der Waals surface area (Å²) in [5.41, 5.74) is 2.00. The number of aromatic nitrogens is 1. The molecule has 28 heavy (non-hydrogen) atoms. The second kappa shape index (κ2) is 7.42. The molecule has 0 radical (unpaired) electrons. The average molecular weight is 378 g/mol. The summed E-state index contributed by atoms with van der Waals surface area (Å²) in [6.45, 7) is 1.84. The van der Waals surface area contributed by atoms with E-state index in [1.165, 1.54) is 4.90 Å². The lowest BCUT2D eigenvalue weighted by Gasteiger charge is -2.29. The first kappa shape index (κ1) is 18.2. The van der Waals surface area contributed by atoms with E-state index in [9.17, 15) is 14.4 Å². The molecule has 0 saturated heterocycles. The van der Waals surface area contributed by atoms with E-state index in [-0.39, 0.29) is 17.9 Å². The Hall–Kier alpha value is -3.22. The zero-order valence-corrected chi connectivity index (χ0v) is 15.7. The molecule has 1 aromatic carbocycles. The Labute approximate surface area is 163 Å². The Bertz CT molecular complexity index is 950. The van der Waals surface area contributed by atoms with Crippen LogP contribution in [0, 0.1) is 6.92 Å². The Balaban J connectivity index is 1.49. The number of aryl methyl sites for hydroxylation is 1. The van der Waals surface area contributed by atoms with Gasteiger partial charge in [0, 0.05) is 17.4 Å². The van der Waals surface area contributed by atoms with Crippen molar-refractivity contribution in [1.82, 2.24) is 9.88 Å². The Morgan fingerprint density at radius 2 is 1.75 bits per heavy atom. The summed E-state index contributed by atoms with van der Waals surface area (Å²) in [7, 11) is 0. The topological polar surface area (TPSA) is 91.4 Å². The highest BCUT2D eigenvalue weighted by Gasteiger charge is 2.40. The van der Waals surface area contributed by atoms with E-state index in [1.807, 2.05) is 13.0 Å². The van der Waals surface area contributed by atoms with Crippen LogP contribution in [0.2, 0.25) is 0 Å². The van der Waals surface area contributed by atoms with Crippen molar-refractivity contribution >= 4 is 29.4 Å². The molecular weight excluding hydrogens is 356 g/mol. The smallest absolute Gasteiger partial charge is 0.308 e. The fourth-order valence-electron chi connectivity index (χ4n) is 3.90. The van der Waals surface area contributed by atoms with E-state index < -0.39 is 6.03 Å². The Kier molecular flexibility index (Phi) is 4.81.